The van der Waals surface area contributed by atoms with Crippen molar-refractivity contribution in [2.45, 2.75) is 45.8 Å². The molecule has 2 N–H and O–H groups in total. The lowest BCUT2D eigenvalue weighted by atomic mass is 9.94. The first kappa shape index (κ1) is 25.3. The molecule has 7 nitrogen and oxygen atoms in total. The van der Waals surface area contributed by atoms with Gasteiger partial charge in [0.15, 0.2) is 5.69 Å². The first-order chi connectivity index (χ1) is 17.4. The van der Waals surface area contributed by atoms with Crippen LogP contribution in [0.3, 0.4) is 0 Å². The highest BCUT2D eigenvalue weighted by molar-refractivity contribution is 5.92. The third-order valence-corrected chi connectivity index (χ3v) is 6.02. The smallest absolute Gasteiger partial charge is 0.356 e. The van der Waals surface area contributed by atoms with Crippen LogP contribution in [0.4, 0.5) is 4.39 Å². The van der Waals surface area contributed by atoms with E-state index in [1.165, 1.54) is 16.3 Å². The van der Waals surface area contributed by atoms with Crippen LogP contribution in [0.2, 0.25) is 0 Å². The number of esters is 1. The van der Waals surface area contributed by atoms with Gasteiger partial charge in [0, 0.05) is 36.1 Å². The van der Waals surface area contributed by atoms with Crippen LogP contribution in [0.1, 0.15) is 59.8 Å². The van der Waals surface area contributed by atoms with Gasteiger partial charge in [0.25, 0.3) is 0 Å². The predicted octanol–water partition coefficient (Wildman–Crippen LogP) is 5.26. The summed E-state index contributed by atoms with van der Waals surface area (Å²) in [6.45, 7) is 7.02. The van der Waals surface area contributed by atoms with Crippen LogP contribution in [0.15, 0.2) is 72.5 Å². The van der Waals surface area contributed by atoms with Gasteiger partial charge in [-0.25, -0.2) is 9.18 Å². The third-order valence-electron chi connectivity index (χ3n) is 6.02. The Labute approximate surface area is 210 Å². The summed E-state index contributed by atoms with van der Waals surface area (Å²) in [5, 5.41) is 4.64. The summed E-state index contributed by atoms with van der Waals surface area (Å²) >= 11 is 0. The van der Waals surface area contributed by atoms with E-state index >= 15 is 4.39 Å². The predicted molar refractivity (Wildman–Crippen MR) is 136 cm³/mol. The molecule has 188 valence electrons. The molecule has 1 atom stereocenters. The normalized spacial score (nSPS) is 15.1. The van der Waals surface area contributed by atoms with Crippen molar-refractivity contribution in [1.29, 1.82) is 0 Å². The molecule has 2 aromatic heterocycles. The molecule has 0 saturated carbocycles. The van der Waals surface area contributed by atoms with Gasteiger partial charge in [0.05, 0.1) is 24.8 Å². The number of halogens is 1. The molecule has 1 unspecified atom stereocenters. The molecule has 4 rings (SSSR count). The topological polar surface area (TPSA) is 92.3 Å². The highest BCUT2D eigenvalue weighted by Gasteiger charge is 2.34. The van der Waals surface area contributed by atoms with E-state index in [9.17, 15) is 4.79 Å². The number of allylic oxidation sites excluding steroid dienone is 3. The molecule has 0 saturated heterocycles. The number of nitrogens with zero attached hydrogens (tertiary/aromatic N) is 3. The highest BCUT2D eigenvalue weighted by atomic mass is 19.1. The van der Waals surface area contributed by atoms with Crippen LogP contribution in [-0.2, 0) is 22.6 Å². The van der Waals surface area contributed by atoms with Crippen LogP contribution in [0.5, 0.6) is 0 Å². The number of hydrogen-bond donors (Lipinski definition) is 1. The summed E-state index contributed by atoms with van der Waals surface area (Å²) in [7, 11) is 0. The maximum absolute atomic E-state index is 15.4. The summed E-state index contributed by atoms with van der Waals surface area (Å²) in [6, 6.07) is 11.7. The van der Waals surface area contributed by atoms with Crippen molar-refractivity contribution in [2.24, 2.45) is 5.73 Å². The second-order valence-electron chi connectivity index (χ2n) is 8.84. The average molecular weight is 491 g/mol. The molecule has 0 bridgehead atoms. The number of carbonyl (C=O) groups excluding carboxylic acids is 1. The average Bonchev–Trinajstić information content (AvgIpc) is 3.43. The van der Waals surface area contributed by atoms with E-state index in [-0.39, 0.29) is 25.4 Å². The first-order valence-corrected chi connectivity index (χ1v) is 12.1. The summed E-state index contributed by atoms with van der Waals surface area (Å²) in [5.74, 6) is -1.02. The Balaban J connectivity index is 1.69. The number of hydrogen-bond acceptors (Lipinski definition) is 6. The van der Waals surface area contributed by atoms with Gasteiger partial charge in [0.1, 0.15) is 18.2 Å². The standard InChI is InChI=1S/C28H31FN4O3/c1-4-35-28(34)27-25(26(32-33(27)14-11-30)21-9-12-31-13-10-21)23-15-22(16-24(23)29)36-17-19-5-7-20(8-6-19)18(2)3/h5-10,12-13,15-16,18,23H,4,11,14,17,30H2,1-3H3. The summed E-state index contributed by atoms with van der Waals surface area (Å²) < 4.78 is 28.2. The molecule has 1 aliphatic carbocycles. The lowest BCUT2D eigenvalue weighted by molar-refractivity contribution is 0.0510. The summed E-state index contributed by atoms with van der Waals surface area (Å²) in [5.41, 5.74) is 9.80. The molecular weight excluding hydrogens is 459 g/mol. The van der Waals surface area contributed by atoms with E-state index in [1.807, 2.05) is 12.1 Å². The minimum atomic E-state index is -0.850. The van der Waals surface area contributed by atoms with Gasteiger partial charge in [-0.3, -0.25) is 9.67 Å². The molecule has 0 spiro atoms. The lowest BCUT2D eigenvalue weighted by Gasteiger charge is -2.12. The lowest BCUT2D eigenvalue weighted by Crippen LogP contribution is -2.19. The largest absolute Gasteiger partial charge is 0.489 e. The number of benzene rings is 1. The molecule has 0 amide bonds. The number of pyridine rings is 1. The number of nitrogens with two attached hydrogens (primary N) is 1. The first-order valence-electron chi connectivity index (χ1n) is 12.1. The van der Waals surface area contributed by atoms with Crippen molar-refractivity contribution in [1.82, 2.24) is 14.8 Å². The molecule has 0 radical (unpaired) electrons. The van der Waals surface area contributed by atoms with Crippen LogP contribution in [0.25, 0.3) is 11.3 Å². The van der Waals surface area contributed by atoms with E-state index in [0.29, 0.717) is 35.1 Å². The van der Waals surface area contributed by atoms with Crippen molar-refractivity contribution >= 4 is 5.97 Å². The monoisotopic (exact) mass is 490 g/mol. The van der Waals surface area contributed by atoms with E-state index in [1.54, 1.807) is 37.5 Å². The van der Waals surface area contributed by atoms with E-state index in [0.717, 1.165) is 5.56 Å². The van der Waals surface area contributed by atoms with Crippen LogP contribution in [-0.4, -0.2) is 33.9 Å². The molecule has 36 heavy (non-hydrogen) atoms. The second kappa shape index (κ2) is 11.3. The van der Waals surface area contributed by atoms with Gasteiger partial charge < -0.3 is 15.2 Å². The molecule has 1 aliphatic rings. The zero-order valence-corrected chi connectivity index (χ0v) is 20.8. The molecule has 0 fully saturated rings. The molecule has 2 heterocycles. The SMILES string of the molecule is CCOC(=O)c1c(C2C=C(OCc3ccc(C(C)C)cc3)C=C2F)c(-c2ccncc2)nn1CCN. The fourth-order valence-corrected chi connectivity index (χ4v) is 4.19. The zero-order chi connectivity index (χ0) is 25.7. The molecule has 0 aliphatic heterocycles. The van der Waals surface area contributed by atoms with Crippen LogP contribution >= 0.6 is 0 Å². The Bertz CT molecular complexity index is 1260. The van der Waals surface area contributed by atoms with Gasteiger partial charge in [-0.2, -0.15) is 5.10 Å². The van der Waals surface area contributed by atoms with E-state index in [2.05, 4.69) is 36.1 Å². The maximum Gasteiger partial charge on any atom is 0.356 e. The summed E-state index contributed by atoms with van der Waals surface area (Å²) in [6.07, 6.45) is 6.29. The Morgan fingerprint density at radius 1 is 1.17 bits per heavy atom. The van der Waals surface area contributed by atoms with Crippen LogP contribution in [0, 0.1) is 0 Å². The Morgan fingerprint density at radius 3 is 2.53 bits per heavy atom. The Kier molecular flexibility index (Phi) is 7.95. The van der Waals surface area contributed by atoms with Gasteiger partial charge in [-0.1, -0.05) is 38.1 Å². The van der Waals surface area contributed by atoms with E-state index < -0.39 is 17.7 Å². The number of aromatic nitrogens is 3. The van der Waals surface area contributed by atoms with Gasteiger partial charge in [-0.05, 0) is 42.2 Å². The van der Waals surface area contributed by atoms with Gasteiger partial charge in [0.2, 0.25) is 0 Å². The zero-order valence-electron chi connectivity index (χ0n) is 20.8. The molecular formula is C28H31FN4O3. The number of ether oxygens (including phenoxy) is 2. The maximum atomic E-state index is 15.4. The molecule has 3 aromatic rings. The fourth-order valence-electron chi connectivity index (χ4n) is 4.19. The molecule has 1 aromatic carbocycles. The fraction of sp³-hybridized carbons (Fsp3) is 0.321. The highest BCUT2D eigenvalue weighted by Crippen LogP contribution is 2.41. The van der Waals surface area contributed by atoms with Crippen LogP contribution < -0.4 is 5.73 Å². The van der Waals surface area contributed by atoms with E-state index in [4.69, 9.17) is 15.2 Å². The Morgan fingerprint density at radius 2 is 1.89 bits per heavy atom. The van der Waals surface area contributed by atoms with Crippen molar-refractivity contribution < 1.29 is 18.7 Å². The van der Waals surface area contributed by atoms with Crippen molar-refractivity contribution in [3.8, 4) is 11.3 Å². The van der Waals surface area contributed by atoms with Gasteiger partial charge in [-0.15, -0.1) is 0 Å². The van der Waals surface area contributed by atoms with Crippen molar-refractivity contribution in [3.05, 3.63) is 94.9 Å². The van der Waals surface area contributed by atoms with Crippen molar-refractivity contribution in [3.63, 3.8) is 0 Å². The van der Waals surface area contributed by atoms with Gasteiger partial charge >= 0.3 is 5.97 Å². The minimum Gasteiger partial charge on any atom is -0.489 e. The second-order valence-corrected chi connectivity index (χ2v) is 8.84. The number of carbonyl (C=O) groups is 1. The van der Waals surface area contributed by atoms with Crippen molar-refractivity contribution in [2.75, 3.05) is 13.2 Å². The Hall–Kier alpha value is -3.78. The molecule has 8 heteroatoms. The summed E-state index contributed by atoms with van der Waals surface area (Å²) in [4.78, 5) is 17.1. The third kappa shape index (κ3) is 5.39. The minimum absolute atomic E-state index is 0.180. The quantitative estimate of drug-likeness (QED) is 0.390. The number of rotatable bonds is 10.